The van der Waals surface area contributed by atoms with Crippen molar-refractivity contribution in [2.24, 2.45) is 0 Å². The monoisotopic (exact) mass is 276 g/mol. The molecular weight excluding hydrogens is 256 g/mol. The molecule has 1 aromatic rings. The first-order valence-electron chi connectivity index (χ1n) is 7.32. The molecule has 2 saturated heterocycles. The highest BCUT2D eigenvalue weighted by atomic mass is 16.4. The van der Waals surface area contributed by atoms with Crippen LogP contribution in [0.4, 0.5) is 11.6 Å². The van der Waals surface area contributed by atoms with Gasteiger partial charge in [-0.25, -0.2) is 14.8 Å². The summed E-state index contributed by atoms with van der Waals surface area (Å²) in [6.07, 6.45) is 6.82. The topological polar surface area (TPSA) is 69.6 Å². The third-order valence-corrected chi connectivity index (χ3v) is 4.15. The zero-order valence-electron chi connectivity index (χ0n) is 11.5. The minimum atomic E-state index is -0.763. The van der Waals surface area contributed by atoms with E-state index >= 15 is 0 Å². The molecule has 0 radical (unpaired) electrons. The summed E-state index contributed by atoms with van der Waals surface area (Å²) in [6, 6.07) is 1.49. The second-order valence-electron chi connectivity index (χ2n) is 5.47. The lowest BCUT2D eigenvalue weighted by molar-refractivity contribution is -0.138. The summed E-state index contributed by atoms with van der Waals surface area (Å²) in [6.45, 7) is 2.81. The molecule has 0 spiro atoms. The maximum absolute atomic E-state index is 11.3. The summed E-state index contributed by atoms with van der Waals surface area (Å²) in [5, 5.41) is 9.27. The van der Waals surface area contributed by atoms with E-state index in [4.69, 9.17) is 0 Å². The Morgan fingerprint density at radius 1 is 1.10 bits per heavy atom. The zero-order valence-corrected chi connectivity index (χ0v) is 11.5. The number of aromatic nitrogens is 2. The first-order valence-corrected chi connectivity index (χ1v) is 7.32. The van der Waals surface area contributed by atoms with Gasteiger partial charge in [-0.05, 0) is 32.1 Å². The van der Waals surface area contributed by atoms with Gasteiger partial charge in [-0.15, -0.1) is 0 Å². The van der Waals surface area contributed by atoms with Crippen LogP contribution in [0.2, 0.25) is 0 Å². The van der Waals surface area contributed by atoms with E-state index in [0.717, 1.165) is 37.7 Å². The van der Waals surface area contributed by atoms with Gasteiger partial charge in [-0.3, -0.25) is 0 Å². The predicted octanol–water partition coefficient (Wildman–Crippen LogP) is 1.52. The normalized spacial score (nSPS) is 23.1. The van der Waals surface area contributed by atoms with Crippen molar-refractivity contribution < 1.29 is 9.90 Å². The second-order valence-corrected chi connectivity index (χ2v) is 5.47. The molecule has 1 aromatic heterocycles. The van der Waals surface area contributed by atoms with E-state index in [1.165, 1.54) is 19.3 Å². The molecule has 0 aliphatic carbocycles. The van der Waals surface area contributed by atoms with Crippen LogP contribution >= 0.6 is 0 Å². The Kier molecular flexibility index (Phi) is 3.71. The van der Waals surface area contributed by atoms with Gasteiger partial charge in [0.25, 0.3) is 0 Å². The van der Waals surface area contributed by atoms with E-state index in [9.17, 15) is 9.90 Å². The van der Waals surface area contributed by atoms with Crippen molar-refractivity contribution in [3.63, 3.8) is 0 Å². The molecule has 6 heteroatoms. The van der Waals surface area contributed by atoms with Crippen LogP contribution in [-0.2, 0) is 4.79 Å². The van der Waals surface area contributed by atoms with Crippen molar-refractivity contribution in [1.29, 1.82) is 0 Å². The maximum Gasteiger partial charge on any atom is 0.326 e. The van der Waals surface area contributed by atoms with E-state index in [2.05, 4.69) is 14.9 Å². The van der Waals surface area contributed by atoms with Crippen molar-refractivity contribution in [3.05, 3.63) is 12.4 Å². The molecule has 1 N–H and O–H groups in total. The van der Waals surface area contributed by atoms with Gasteiger partial charge in [0, 0.05) is 25.7 Å². The van der Waals surface area contributed by atoms with Gasteiger partial charge in [0.2, 0.25) is 0 Å². The smallest absolute Gasteiger partial charge is 0.326 e. The zero-order chi connectivity index (χ0) is 13.9. The second kappa shape index (κ2) is 5.64. The molecule has 20 heavy (non-hydrogen) atoms. The standard InChI is InChI=1S/C14H20N4O2/c19-14(20)11-5-4-8-18(11)13-9-12(15-10-16-13)17-6-2-1-3-7-17/h9-11H,1-8H2,(H,19,20)/t11-/m1/s1. The molecule has 2 fully saturated rings. The van der Waals surface area contributed by atoms with E-state index < -0.39 is 12.0 Å². The van der Waals surface area contributed by atoms with Crippen LogP contribution in [0, 0.1) is 0 Å². The van der Waals surface area contributed by atoms with E-state index in [1.54, 1.807) is 6.33 Å². The molecule has 2 aliphatic rings. The Morgan fingerprint density at radius 2 is 1.85 bits per heavy atom. The Bertz CT molecular complexity index is 488. The van der Waals surface area contributed by atoms with Crippen LogP contribution in [0.5, 0.6) is 0 Å². The minimum absolute atomic E-state index is 0.445. The number of carbonyl (C=O) groups is 1. The molecule has 3 rings (SSSR count). The van der Waals surface area contributed by atoms with Crippen LogP contribution in [0.15, 0.2) is 12.4 Å². The van der Waals surface area contributed by atoms with Gasteiger partial charge in [-0.1, -0.05) is 0 Å². The SMILES string of the molecule is O=C(O)[C@H]1CCCN1c1cc(N2CCCCC2)ncn1. The van der Waals surface area contributed by atoms with Gasteiger partial charge in [0.05, 0.1) is 0 Å². The molecule has 2 aliphatic heterocycles. The average molecular weight is 276 g/mol. The third kappa shape index (κ3) is 2.55. The maximum atomic E-state index is 11.3. The Morgan fingerprint density at radius 3 is 2.60 bits per heavy atom. The number of hydrogen-bond acceptors (Lipinski definition) is 5. The fourth-order valence-corrected chi connectivity index (χ4v) is 3.09. The number of anilines is 2. The van der Waals surface area contributed by atoms with Crippen molar-refractivity contribution in [2.75, 3.05) is 29.4 Å². The molecule has 0 unspecified atom stereocenters. The first kappa shape index (κ1) is 13.1. The lowest BCUT2D eigenvalue weighted by atomic mass is 10.1. The van der Waals surface area contributed by atoms with E-state index in [-0.39, 0.29) is 0 Å². The average Bonchev–Trinajstić information content (AvgIpc) is 2.98. The van der Waals surface area contributed by atoms with E-state index in [0.29, 0.717) is 6.42 Å². The van der Waals surface area contributed by atoms with Gasteiger partial charge in [-0.2, -0.15) is 0 Å². The number of carboxylic acids is 1. The molecule has 3 heterocycles. The van der Waals surface area contributed by atoms with Gasteiger partial charge in [0.1, 0.15) is 24.0 Å². The van der Waals surface area contributed by atoms with Crippen LogP contribution in [0.25, 0.3) is 0 Å². The van der Waals surface area contributed by atoms with Gasteiger partial charge >= 0.3 is 5.97 Å². The summed E-state index contributed by atoms with van der Waals surface area (Å²) >= 11 is 0. The highest BCUT2D eigenvalue weighted by Crippen LogP contribution is 2.27. The number of rotatable bonds is 3. The molecule has 6 nitrogen and oxygen atoms in total. The largest absolute Gasteiger partial charge is 0.480 e. The quantitative estimate of drug-likeness (QED) is 0.902. The molecule has 0 aromatic carbocycles. The highest BCUT2D eigenvalue weighted by Gasteiger charge is 2.31. The van der Waals surface area contributed by atoms with Crippen LogP contribution in [-0.4, -0.2) is 46.7 Å². The lowest BCUT2D eigenvalue weighted by Crippen LogP contribution is -2.37. The number of hydrogen-bond donors (Lipinski definition) is 1. The Labute approximate surface area is 118 Å². The van der Waals surface area contributed by atoms with Gasteiger partial charge in [0.15, 0.2) is 0 Å². The predicted molar refractivity (Wildman–Crippen MR) is 76.1 cm³/mol. The fraction of sp³-hybridized carbons (Fsp3) is 0.643. The van der Waals surface area contributed by atoms with Crippen LogP contribution in [0.3, 0.4) is 0 Å². The summed E-state index contributed by atoms with van der Waals surface area (Å²) in [7, 11) is 0. The number of nitrogens with zero attached hydrogens (tertiary/aromatic N) is 4. The molecule has 0 saturated carbocycles. The number of aliphatic carboxylic acids is 1. The van der Waals surface area contributed by atoms with Gasteiger partial charge < -0.3 is 14.9 Å². The number of carboxylic acid groups (broad SMARTS) is 1. The Balaban J connectivity index is 1.81. The molecule has 0 bridgehead atoms. The summed E-state index contributed by atoms with van der Waals surface area (Å²) < 4.78 is 0. The van der Waals surface area contributed by atoms with Crippen LogP contribution < -0.4 is 9.80 Å². The summed E-state index contributed by atoms with van der Waals surface area (Å²) in [4.78, 5) is 24.0. The molecular formula is C14H20N4O2. The van der Waals surface area contributed by atoms with Crippen molar-refractivity contribution in [3.8, 4) is 0 Å². The van der Waals surface area contributed by atoms with Crippen molar-refractivity contribution in [2.45, 2.75) is 38.1 Å². The Hall–Kier alpha value is -1.85. The molecule has 0 amide bonds. The van der Waals surface area contributed by atoms with Crippen LogP contribution in [0.1, 0.15) is 32.1 Å². The minimum Gasteiger partial charge on any atom is -0.480 e. The number of piperidine rings is 1. The van der Waals surface area contributed by atoms with Crippen molar-refractivity contribution in [1.82, 2.24) is 9.97 Å². The lowest BCUT2D eigenvalue weighted by Gasteiger charge is -2.29. The third-order valence-electron chi connectivity index (χ3n) is 4.15. The molecule has 1 atom stereocenters. The fourth-order valence-electron chi connectivity index (χ4n) is 3.09. The van der Waals surface area contributed by atoms with Crippen molar-refractivity contribution >= 4 is 17.6 Å². The first-order chi connectivity index (χ1) is 9.75. The summed E-state index contributed by atoms with van der Waals surface area (Å²) in [5.74, 6) is 0.900. The molecule has 108 valence electrons. The highest BCUT2D eigenvalue weighted by molar-refractivity contribution is 5.78. The van der Waals surface area contributed by atoms with E-state index in [1.807, 2.05) is 11.0 Å². The summed E-state index contributed by atoms with van der Waals surface area (Å²) in [5.41, 5.74) is 0.